The topological polar surface area (TPSA) is 19.0 Å². The van der Waals surface area contributed by atoms with Crippen molar-refractivity contribution in [1.29, 1.82) is 0 Å². The van der Waals surface area contributed by atoms with Gasteiger partial charge < -0.3 is 14.5 Å². The molecule has 4 rings (SSSR count). The lowest BCUT2D eigenvalue weighted by Crippen LogP contribution is -2.47. The maximum Gasteiger partial charge on any atom is 0.0642 e. The molecule has 5 heteroatoms. The lowest BCUT2D eigenvalue weighted by atomic mass is 9.66. The second-order valence-electron chi connectivity index (χ2n) is 10.5. The Bertz CT molecular complexity index is 699. The van der Waals surface area contributed by atoms with Gasteiger partial charge >= 0.3 is 0 Å². The summed E-state index contributed by atoms with van der Waals surface area (Å²) in [4.78, 5) is 7.90. The monoisotopic (exact) mass is 477 g/mol. The number of benzene rings is 1. The van der Waals surface area contributed by atoms with Crippen LogP contribution in [0.5, 0.6) is 0 Å². The SMILES string of the molecule is CCCCN1CCN(c2ccc(N3CCOCC3)cc2C2CCC(CC)(CC)CC2)CC1.Cl. The highest BCUT2D eigenvalue weighted by molar-refractivity contribution is 5.85. The van der Waals surface area contributed by atoms with E-state index < -0.39 is 0 Å². The molecule has 1 aromatic carbocycles. The highest BCUT2D eigenvalue weighted by Crippen LogP contribution is 2.49. The number of unbranched alkanes of at least 4 members (excludes halogenated alkanes) is 1. The normalized spacial score (nSPS) is 22.3. The highest BCUT2D eigenvalue weighted by Gasteiger charge is 2.34. The Morgan fingerprint density at radius 2 is 1.55 bits per heavy atom. The van der Waals surface area contributed by atoms with Crippen molar-refractivity contribution in [3.8, 4) is 0 Å². The van der Waals surface area contributed by atoms with E-state index in [-0.39, 0.29) is 12.4 Å². The average molecular weight is 478 g/mol. The second-order valence-corrected chi connectivity index (χ2v) is 10.5. The van der Waals surface area contributed by atoms with Crippen LogP contribution in [-0.2, 0) is 4.74 Å². The van der Waals surface area contributed by atoms with Gasteiger partial charge in [0, 0.05) is 50.6 Å². The standard InChI is InChI=1S/C28H47N3O.ClH/c1-4-7-14-29-15-17-31(18-16-29)27-9-8-25(30-19-21-32-22-20-30)23-26(27)24-10-12-28(5-2,6-3)13-11-24;/h8-9,23-24H,4-7,10-22H2,1-3H3;1H. The minimum absolute atomic E-state index is 0. The summed E-state index contributed by atoms with van der Waals surface area (Å²) in [5.74, 6) is 0.718. The first kappa shape index (κ1) is 26.6. The van der Waals surface area contributed by atoms with Gasteiger partial charge in [-0.15, -0.1) is 12.4 Å². The molecule has 1 aliphatic carbocycles. The molecule has 4 nitrogen and oxygen atoms in total. The Morgan fingerprint density at radius 3 is 2.15 bits per heavy atom. The van der Waals surface area contributed by atoms with Crippen molar-refractivity contribution in [2.75, 3.05) is 68.8 Å². The molecule has 0 bridgehead atoms. The third-order valence-corrected chi connectivity index (χ3v) is 8.91. The quantitative estimate of drug-likeness (QED) is 0.435. The first-order valence-electron chi connectivity index (χ1n) is 13.6. The summed E-state index contributed by atoms with van der Waals surface area (Å²) in [6.45, 7) is 16.9. The van der Waals surface area contributed by atoms with Gasteiger partial charge in [-0.25, -0.2) is 0 Å². The first-order valence-corrected chi connectivity index (χ1v) is 13.6. The summed E-state index contributed by atoms with van der Waals surface area (Å²) in [5, 5.41) is 0. The van der Waals surface area contributed by atoms with Crippen molar-refractivity contribution in [1.82, 2.24) is 4.90 Å². The smallest absolute Gasteiger partial charge is 0.0642 e. The van der Waals surface area contributed by atoms with Gasteiger partial charge in [-0.3, -0.25) is 4.90 Å². The fourth-order valence-electron chi connectivity index (χ4n) is 6.27. The van der Waals surface area contributed by atoms with Crippen LogP contribution >= 0.6 is 12.4 Å². The van der Waals surface area contributed by atoms with Gasteiger partial charge in [0.15, 0.2) is 0 Å². The molecule has 3 fully saturated rings. The average Bonchev–Trinajstić information content (AvgIpc) is 2.88. The summed E-state index contributed by atoms with van der Waals surface area (Å²) in [5.41, 5.74) is 5.18. The molecular formula is C28H48ClN3O. The number of halogens is 1. The molecule has 0 aromatic heterocycles. The number of hydrogen-bond acceptors (Lipinski definition) is 4. The Balaban J connectivity index is 0.00000306. The lowest BCUT2D eigenvalue weighted by molar-refractivity contribution is 0.122. The number of piperazine rings is 1. The predicted octanol–water partition coefficient (Wildman–Crippen LogP) is 6.33. The number of anilines is 2. The molecule has 1 aromatic rings. The van der Waals surface area contributed by atoms with Crippen LogP contribution in [0.2, 0.25) is 0 Å². The first-order chi connectivity index (χ1) is 15.7. The zero-order chi connectivity index (χ0) is 22.4. The molecule has 2 saturated heterocycles. The van der Waals surface area contributed by atoms with Gasteiger partial charge in [0.2, 0.25) is 0 Å². The Kier molecular flexibility index (Phi) is 10.2. The Hall–Kier alpha value is -0.970. The van der Waals surface area contributed by atoms with Crippen LogP contribution in [0, 0.1) is 5.41 Å². The van der Waals surface area contributed by atoms with Gasteiger partial charge in [-0.1, -0.05) is 40.0 Å². The van der Waals surface area contributed by atoms with Crippen LogP contribution in [0.15, 0.2) is 18.2 Å². The summed E-state index contributed by atoms with van der Waals surface area (Å²) in [6, 6.07) is 7.42. The fourth-order valence-corrected chi connectivity index (χ4v) is 6.27. The zero-order valence-electron chi connectivity index (χ0n) is 21.5. The van der Waals surface area contributed by atoms with Gasteiger partial charge in [0.25, 0.3) is 0 Å². The molecule has 0 radical (unpaired) electrons. The van der Waals surface area contributed by atoms with Crippen LogP contribution in [-0.4, -0.2) is 63.9 Å². The van der Waals surface area contributed by atoms with Crippen molar-refractivity contribution in [2.24, 2.45) is 5.41 Å². The number of morpholine rings is 1. The van der Waals surface area contributed by atoms with Gasteiger partial charge in [0.1, 0.15) is 0 Å². The summed E-state index contributed by atoms with van der Waals surface area (Å²) in [7, 11) is 0. The molecule has 2 aliphatic heterocycles. The van der Waals surface area contributed by atoms with Gasteiger partial charge in [0.05, 0.1) is 13.2 Å². The minimum atomic E-state index is 0. The molecule has 0 atom stereocenters. The van der Waals surface area contributed by atoms with E-state index in [0.717, 1.165) is 32.2 Å². The fraction of sp³-hybridized carbons (Fsp3) is 0.786. The van der Waals surface area contributed by atoms with Gasteiger partial charge in [-0.05, 0) is 73.7 Å². The van der Waals surface area contributed by atoms with E-state index >= 15 is 0 Å². The predicted molar refractivity (Wildman–Crippen MR) is 145 cm³/mol. The van der Waals surface area contributed by atoms with Crippen LogP contribution in [0.25, 0.3) is 0 Å². The molecule has 0 spiro atoms. The van der Waals surface area contributed by atoms with E-state index in [1.165, 1.54) is 95.5 Å². The van der Waals surface area contributed by atoms with E-state index in [2.05, 4.69) is 53.7 Å². The van der Waals surface area contributed by atoms with Crippen molar-refractivity contribution in [2.45, 2.75) is 78.1 Å². The van der Waals surface area contributed by atoms with Crippen LogP contribution in [0.3, 0.4) is 0 Å². The van der Waals surface area contributed by atoms with Crippen LogP contribution in [0.4, 0.5) is 11.4 Å². The van der Waals surface area contributed by atoms with Crippen molar-refractivity contribution >= 4 is 23.8 Å². The summed E-state index contributed by atoms with van der Waals surface area (Å²) < 4.78 is 5.62. The number of rotatable bonds is 8. The van der Waals surface area contributed by atoms with E-state index in [1.54, 1.807) is 5.56 Å². The Morgan fingerprint density at radius 1 is 0.879 bits per heavy atom. The summed E-state index contributed by atoms with van der Waals surface area (Å²) >= 11 is 0. The molecule has 188 valence electrons. The van der Waals surface area contributed by atoms with Crippen molar-refractivity contribution < 1.29 is 4.74 Å². The number of nitrogens with zero attached hydrogens (tertiary/aromatic N) is 3. The maximum atomic E-state index is 5.62. The lowest BCUT2D eigenvalue weighted by Gasteiger charge is -2.42. The molecule has 0 amide bonds. The van der Waals surface area contributed by atoms with Crippen molar-refractivity contribution in [3.63, 3.8) is 0 Å². The molecular weight excluding hydrogens is 430 g/mol. The third kappa shape index (κ3) is 6.38. The highest BCUT2D eigenvalue weighted by atomic mass is 35.5. The van der Waals surface area contributed by atoms with Crippen LogP contribution in [0.1, 0.15) is 83.6 Å². The third-order valence-electron chi connectivity index (χ3n) is 8.91. The largest absolute Gasteiger partial charge is 0.378 e. The summed E-state index contributed by atoms with van der Waals surface area (Å²) in [6.07, 6.45) is 10.8. The maximum absolute atomic E-state index is 5.62. The molecule has 1 saturated carbocycles. The molecule has 2 heterocycles. The number of hydrogen-bond donors (Lipinski definition) is 0. The number of ether oxygens (including phenoxy) is 1. The molecule has 0 N–H and O–H groups in total. The van der Waals surface area contributed by atoms with E-state index in [1.807, 2.05) is 0 Å². The van der Waals surface area contributed by atoms with Crippen LogP contribution < -0.4 is 9.80 Å². The zero-order valence-corrected chi connectivity index (χ0v) is 22.3. The molecule has 0 unspecified atom stereocenters. The molecule has 33 heavy (non-hydrogen) atoms. The Labute approximate surface area is 209 Å². The molecule has 3 aliphatic rings. The van der Waals surface area contributed by atoms with Crippen molar-refractivity contribution in [3.05, 3.63) is 23.8 Å². The van der Waals surface area contributed by atoms with Gasteiger partial charge in [-0.2, -0.15) is 0 Å². The van der Waals surface area contributed by atoms with E-state index in [0.29, 0.717) is 5.41 Å². The van der Waals surface area contributed by atoms with E-state index in [4.69, 9.17) is 4.74 Å². The van der Waals surface area contributed by atoms with E-state index in [9.17, 15) is 0 Å². The second kappa shape index (κ2) is 12.7. The minimum Gasteiger partial charge on any atom is -0.378 e.